The number of thioether (sulfide) groups is 1. The second-order valence-corrected chi connectivity index (χ2v) is 4.19. The number of hydrogen-bond acceptors (Lipinski definition) is 6. The number of pyridine rings is 1. The normalized spacial score (nSPS) is 10.4. The van der Waals surface area contributed by atoms with Crippen LogP contribution in [-0.2, 0) is 5.75 Å². The largest absolute Gasteiger partial charge is 0.440 e. The predicted molar refractivity (Wildman–Crippen MR) is 63.1 cm³/mol. The summed E-state index contributed by atoms with van der Waals surface area (Å²) in [5.74, 6) is 6.42. The lowest BCUT2D eigenvalue weighted by Crippen LogP contribution is -2.09. The van der Waals surface area contributed by atoms with E-state index in [0.717, 1.165) is 5.69 Å². The summed E-state index contributed by atoms with van der Waals surface area (Å²) < 4.78 is 5.09. The lowest BCUT2D eigenvalue weighted by atomic mass is 10.4. The predicted octanol–water partition coefficient (Wildman–Crippen LogP) is 2.30. The Bertz CT molecular complexity index is 463. The Hall–Kier alpha value is -1.24. The second-order valence-electron chi connectivity index (χ2n) is 2.86. The molecule has 0 aliphatic carbocycles. The highest BCUT2D eigenvalue weighted by atomic mass is 35.5. The molecule has 0 unspecified atom stereocenters. The summed E-state index contributed by atoms with van der Waals surface area (Å²) in [6.45, 7) is 0. The minimum absolute atomic E-state index is 0.576. The summed E-state index contributed by atoms with van der Waals surface area (Å²) in [5, 5.41) is 1.18. The van der Waals surface area contributed by atoms with Crippen molar-refractivity contribution in [3.8, 4) is 0 Å². The molecule has 0 radical (unpaired) electrons. The van der Waals surface area contributed by atoms with Crippen LogP contribution in [0, 0.1) is 0 Å². The lowest BCUT2D eigenvalue weighted by Gasteiger charge is -2.04. The topological polar surface area (TPSA) is 77.0 Å². The van der Waals surface area contributed by atoms with Crippen LogP contribution < -0.4 is 11.3 Å². The second kappa shape index (κ2) is 5.20. The third-order valence-corrected chi connectivity index (χ3v) is 3.02. The van der Waals surface area contributed by atoms with Gasteiger partial charge in [0, 0.05) is 5.75 Å². The Kier molecular flexibility index (Phi) is 3.66. The van der Waals surface area contributed by atoms with Crippen LogP contribution >= 0.6 is 23.4 Å². The zero-order chi connectivity index (χ0) is 11.4. The number of nitrogens with one attached hydrogen (secondary N) is 1. The molecule has 7 heteroatoms. The molecule has 0 aromatic carbocycles. The van der Waals surface area contributed by atoms with Crippen LogP contribution in [-0.4, -0.2) is 9.97 Å². The fraction of sp³-hybridized carbons (Fsp3) is 0.111. The van der Waals surface area contributed by atoms with Gasteiger partial charge in [0.05, 0.1) is 16.9 Å². The lowest BCUT2D eigenvalue weighted by molar-refractivity contribution is 0.454. The molecule has 0 saturated heterocycles. The number of oxazole rings is 1. The third kappa shape index (κ3) is 2.66. The molecule has 0 bridgehead atoms. The number of nitrogens with zero attached hydrogens (tertiary/aromatic N) is 2. The van der Waals surface area contributed by atoms with Crippen molar-refractivity contribution in [3.63, 3.8) is 0 Å². The van der Waals surface area contributed by atoms with Crippen molar-refractivity contribution in [2.75, 3.05) is 5.43 Å². The molecule has 0 saturated carbocycles. The number of nitrogens with two attached hydrogens (primary N) is 1. The van der Waals surface area contributed by atoms with E-state index in [4.69, 9.17) is 21.9 Å². The van der Waals surface area contributed by atoms with Gasteiger partial charge in [0.25, 0.3) is 5.22 Å². The van der Waals surface area contributed by atoms with Crippen LogP contribution in [0.4, 0.5) is 5.82 Å². The van der Waals surface area contributed by atoms with Crippen molar-refractivity contribution in [2.45, 2.75) is 11.0 Å². The van der Waals surface area contributed by atoms with Gasteiger partial charge in [0.15, 0.2) is 0 Å². The monoisotopic (exact) mass is 256 g/mol. The molecule has 0 aliphatic rings. The van der Waals surface area contributed by atoms with Gasteiger partial charge in [-0.25, -0.2) is 15.8 Å². The van der Waals surface area contributed by atoms with Gasteiger partial charge in [-0.05, 0) is 12.1 Å². The van der Waals surface area contributed by atoms with E-state index in [-0.39, 0.29) is 0 Å². The number of hydrogen-bond donors (Lipinski definition) is 2. The van der Waals surface area contributed by atoms with Gasteiger partial charge in [-0.3, -0.25) is 0 Å². The SMILES string of the molecule is NNc1ccc(Cl)c(CSc2ncco2)n1. The smallest absolute Gasteiger partial charge is 0.255 e. The molecule has 2 rings (SSSR count). The maximum Gasteiger partial charge on any atom is 0.255 e. The van der Waals surface area contributed by atoms with E-state index in [1.165, 1.54) is 18.0 Å². The number of nitrogen functional groups attached to an aromatic ring is 1. The molecule has 0 amide bonds. The average molecular weight is 257 g/mol. The van der Waals surface area contributed by atoms with Crippen molar-refractivity contribution in [3.05, 3.63) is 35.3 Å². The average Bonchev–Trinajstić information content (AvgIpc) is 2.81. The first-order chi connectivity index (χ1) is 7.79. The van der Waals surface area contributed by atoms with E-state index in [2.05, 4.69) is 15.4 Å². The van der Waals surface area contributed by atoms with Gasteiger partial charge >= 0.3 is 0 Å². The van der Waals surface area contributed by atoms with Crippen LogP contribution in [0.1, 0.15) is 5.69 Å². The molecule has 2 aromatic heterocycles. The van der Waals surface area contributed by atoms with Gasteiger partial charge < -0.3 is 9.84 Å². The quantitative estimate of drug-likeness (QED) is 0.497. The van der Waals surface area contributed by atoms with E-state index in [9.17, 15) is 0 Å². The minimum atomic E-state index is 0.576. The minimum Gasteiger partial charge on any atom is -0.440 e. The standard InChI is InChI=1S/C9H9ClN4OS/c10-6-1-2-8(14-11)13-7(6)5-16-9-12-3-4-15-9/h1-4H,5,11H2,(H,13,14). The number of anilines is 1. The van der Waals surface area contributed by atoms with Crippen LogP contribution in [0.25, 0.3) is 0 Å². The first-order valence-corrected chi connectivity index (χ1v) is 5.80. The zero-order valence-corrected chi connectivity index (χ0v) is 9.76. The van der Waals surface area contributed by atoms with Gasteiger partial charge in [0.1, 0.15) is 12.1 Å². The maximum atomic E-state index is 6.00. The summed E-state index contributed by atoms with van der Waals surface area (Å²) in [6.07, 6.45) is 3.12. The summed E-state index contributed by atoms with van der Waals surface area (Å²) >= 11 is 7.42. The molecule has 0 atom stereocenters. The summed E-state index contributed by atoms with van der Waals surface area (Å²) in [5.41, 5.74) is 3.21. The number of halogens is 1. The fourth-order valence-corrected chi connectivity index (χ4v) is 2.07. The summed E-state index contributed by atoms with van der Waals surface area (Å²) in [4.78, 5) is 8.22. The first kappa shape index (κ1) is 11.3. The molecule has 5 nitrogen and oxygen atoms in total. The Morgan fingerprint density at radius 1 is 1.50 bits per heavy atom. The molecule has 2 heterocycles. The van der Waals surface area contributed by atoms with Crippen LogP contribution in [0.2, 0.25) is 5.02 Å². The molecule has 16 heavy (non-hydrogen) atoms. The van der Waals surface area contributed by atoms with Crippen LogP contribution in [0.5, 0.6) is 0 Å². The van der Waals surface area contributed by atoms with Crippen molar-refractivity contribution in [1.82, 2.24) is 9.97 Å². The van der Waals surface area contributed by atoms with Crippen molar-refractivity contribution in [1.29, 1.82) is 0 Å². The van der Waals surface area contributed by atoms with Crippen molar-refractivity contribution in [2.24, 2.45) is 5.84 Å². The number of hydrazine groups is 1. The Morgan fingerprint density at radius 3 is 3.06 bits per heavy atom. The first-order valence-electron chi connectivity index (χ1n) is 4.44. The fourth-order valence-electron chi connectivity index (χ4n) is 1.08. The summed E-state index contributed by atoms with van der Waals surface area (Å²) in [6, 6.07) is 3.46. The highest BCUT2D eigenvalue weighted by Gasteiger charge is 2.06. The van der Waals surface area contributed by atoms with E-state index in [1.54, 1.807) is 18.3 Å². The molecule has 2 aromatic rings. The molecule has 3 N–H and O–H groups in total. The highest BCUT2D eigenvalue weighted by Crippen LogP contribution is 2.25. The van der Waals surface area contributed by atoms with E-state index in [0.29, 0.717) is 21.8 Å². The van der Waals surface area contributed by atoms with Crippen molar-refractivity contribution >= 4 is 29.2 Å². The van der Waals surface area contributed by atoms with Crippen LogP contribution in [0.3, 0.4) is 0 Å². The number of rotatable bonds is 4. The Morgan fingerprint density at radius 2 is 2.38 bits per heavy atom. The third-order valence-electron chi connectivity index (χ3n) is 1.81. The van der Waals surface area contributed by atoms with Gasteiger partial charge in [-0.1, -0.05) is 23.4 Å². The Balaban J connectivity index is 2.08. The Labute approximate surface area is 101 Å². The summed E-state index contributed by atoms with van der Waals surface area (Å²) in [7, 11) is 0. The van der Waals surface area contributed by atoms with E-state index >= 15 is 0 Å². The molecular formula is C9H9ClN4OS. The molecule has 84 valence electrons. The van der Waals surface area contributed by atoms with Gasteiger partial charge in [-0.15, -0.1) is 0 Å². The maximum absolute atomic E-state index is 6.00. The molecule has 0 aliphatic heterocycles. The molecule has 0 spiro atoms. The van der Waals surface area contributed by atoms with Crippen LogP contribution in [0.15, 0.2) is 34.2 Å². The van der Waals surface area contributed by atoms with Crippen molar-refractivity contribution < 1.29 is 4.42 Å². The molecular weight excluding hydrogens is 248 g/mol. The van der Waals surface area contributed by atoms with E-state index < -0.39 is 0 Å². The van der Waals surface area contributed by atoms with Gasteiger partial charge in [-0.2, -0.15) is 0 Å². The van der Waals surface area contributed by atoms with Gasteiger partial charge in [0.2, 0.25) is 0 Å². The number of aromatic nitrogens is 2. The van der Waals surface area contributed by atoms with E-state index in [1.807, 2.05) is 0 Å². The molecule has 0 fully saturated rings. The highest BCUT2D eigenvalue weighted by molar-refractivity contribution is 7.98. The zero-order valence-electron chi connectivity index (χ0n) is 8.18.